The highest BCUT2D eigenvalue weighted by Crippen LogP contribution is 2.38. The van der Waals surface area contributed by atoms with E-state index in [0.717, 1.165) is 22.0 Å². The molecule has 2 heterocycles. The summed E-state index contributed by atoms with van der Waals surface area (Å²) in [5.74, 6) is 0.556. The van der Waals surface area contributed by atoms with Crippen LogP contribution in [0.2, 0.25) is 0 Å². The van der Waals surface area contributed by atoms with Crippen LogP contribution in [0.4, 0.5) is 0 Å². The van der Waals surface area contributed by atoms with Crippen LogP contribution in [0.15, 0.2) is 42.6 Å². The molecule has 2 aromatic heterocycles. The van der Waals surface area contributed by atoms with Crippen molar-refractivity contribution in [1.29, 1.82) is 0 Å². The molecule has 3 N–H and O–H groups in total. The summed E-state index contributed by atoms with van der Waals surface area (Å²) in [5.41, 5.74) is 3.53. The first-order chi connectivity index (χ1) is 13.0. The van der Waals surface area contributed by atoms with Gasteiger partial charge in [0.25, 0.3) is 5.91 Å². The molecule has 1 atom stereocenters. The minimum Gasteiger partial charge on any atom is -0.481 e. The minimum absolute atomic E-state index is 0.161. The first kappa shape index (κ1) is 17.5. The fourth-order valence-electron chi connectivity index (χ4n) is 3.67. The van der Waals surface area contributed by atoms with Gasteiger partial charge in [-0.2, -0.15) is 0 Å². The molecule has 3 aromatic rings. The van der Waals surface area contributed by atoms with E-state index in [1.165, 1.54) is 0 Å². The van der Waals surface area contributed by atoms with Crippen LogP contribution in [0.25, 0.3) is 10.9 Å². The topological polar surface area (TPSA) is 87.2 Å². The molecule has 6 heteroatoms. The number of fused-ring (bicyclic) bond motifs is 1. The maximum Gasteiger partial charge on any atom is 0.268 e. The fourth-order valence-corrected chi connectivity index (χ4v) is 3.67. The van der Waals surface area contributed by atoms with E-state index in [2.05, 4.69) is 21.4 Å². The maximum atomic E-state index is 12.9. The highest BCUT2D eigenvalue weighted by molar-refractivity contribution is 5.98. The number of nitrogens with zero attached hydrogens (tertiary/aromatic N) is 1. The van der Waals surface area contributed by atoms with Gasteiger partial charge in [-0.3, -0.25) is 4.79 Å². The van der Waals surface area contributed by atoms with Gasteiger partial charge in [0, 0.05) is 23.2 Å². The summed E-state index contributed by atoms with van der Waals surface area (Å²) in [7, 11) is 1.57. The van der Waals surface area contributed by atoms with Gasteiger partial charge in [0.2, 0.25) is 5.88 Å². The second-order valence-electron chi connectivity index (χ2n) is 7.24. The molecule has 0 unspecified atom stereocenters. The Morgan fingerprint density at radius 3 is 2.78 bits per heavy atom. The molecule has 6 nitrogen and oxygen atoms in total. The fraction of sp³-hybridized carbons (Fsp3) is 0.333. The molecule has 140 valence electrons. The summed E-state index contributed by atoms with van der Waals surface area (Å²) in [6, 6.07) is 11.4. The number of nitrogens with one attached hydrogen (secondary N) is 2. The van der Waals surface area contributed by atoms with Crippen LogP contribution < -0.4 is 10.1 Å². The Kier molecular flexibility index (Phi) is 4.58. The third-order valence-corrected chi connectivity index (χ3v) is 5.26. The number of carbonyl (C=O) groups excluding carboxylic acids is 1. The Hall–Kier alpha value is -2.86. The number of pyridine rings is 1. The monoisotopic (exact) mass is 365 g/mol. The van der Waals surface area contributed by atoms with Crippen LogP contribution in [-0.4, -0.2) is 34.2 Å². The largest absolute Gasteiger partial charge is 0.481 e. The summed E-state index contributed by atoms with van der Waals surface area (Å²) < 4.78 is 5.12. The van der Waals surface area contributed by atoms with E-state index < -0.39 is 0 Å². The molecule has 1 aliphatic rings. The number of carbonyl (C=O) groups is 1. The molecule has 1 aliphatic carbocycles. The molecular weight excluding hydrogens is 342 g/mol. The molecule has 0 aliphatic heterocycles. The smallest absolute Gasteiger partial charge is 0.268 e. The van der Waals surface area contributed by atoms with Crippen LogP contribution in [0.3, 0.4) is 0 Å². The zero-order chi connectivity index (χ0) is 19.0. The lowest BCUT2D eigenvalue weighted by atomic mass is 9.75. The average molecular weight is 365 g/mol. The molecule has 1 fully saturated rings. The van der Waals surface area contributed by atoms with Gasteiger partial charge in [-0.05, 0) is 49.4 Å². The summed E-state index contributed by atoms with van der Waals surface area (Å²) >= 11 is 0. The van der Waals surface area contributed by atoms with Crippen molar-refractivity contribution >= 4 is 16.8 Å². The molecule has 0 radical (unpaired) electrons. The molecule has 0 spiro atoms. The number of hydrogen-bond donors (Lipinski definition) is 3. The van der Waals surface area contributed by atoms with E-state index in [-0.39, 0.29) is 24.0 Å². The van der Waals surface area contributed by atoms with Gasteiger partial charge in [0.05, 0.1) is 19.3 Å². The van der Waals surface area contributed by atoms with Crippen molar-refractivity contribution in [3.8, 4) is 5.88 Å². The first-order valence-electron chi connectivity index (χ1n) is 9.11. The summed E-state index contributed by atoms with van der Waals surface area (Å²) in [5, 5.41) is 13.9. The number of H-pyrrole nitrogens is 1. The predicted octanol–water partition coefficient (Wildman–Crippen LogP) is 3.12. The Labute approximate surface area is 157 Å². The second kappa shape index (κ2) is 7.04. The normalized spacial score (nSPS) is 20.1. The number of aliphatic hydroxyl groups excluding tert-OH is 1. The Morgan fingerprint density at radius 1 is 1.30 bits per heavy atom. The molecule has 1 aromatic carbocycles. The van der Waals surface area contributed by atoms with Gasteiger partial charge in [0.15, 0.2) is 0 Å². The number of amides is 1. The predicted molar refractivity (Wildman–Crippen MR) is 103 cm³/mol. The number of aliphatic hydroxyl groups is 1. The third kappa shape index (κ3) is 3.53. The van der Waals surface area contributed by atoms with Gasteiger partial charge >= 0.3 is 0 Å². The summed E-state index contributed by atoms with van der Waals surface area (Å²) in [6.45, 7) is 2.03. The number of ether oxygens (including phenoxy) is 1. The van der Waals surface area contributed by atoms with Gasteiger partial charge in [-0.1, -0.05) is 17.7 Å². The van der Waals surface area contributed by atoms with Gasteiger partial charge in [-0.15, -0.1) is 0 Å². The van der Waals surface area contributed by atoms with Crippen molar-refractivity contribution in [1.82, 2.24) is 15.3 Å². The van der Waals surface area contributed by atoms with Crippen molar-refractivity contribution in [3.63, 3.8) is 0 Å². The van der Waals surface area contributed by atoms with Gasteiger partial charge in [-0.25, -0.2) is 4.98 Å². The summed E-state index contributed by atoms with van der Waals surface area (Å²) in [6.07, 6.45) is 2.77. The number of methoxy groups -OCH3 is 1. The number of benzene rings is 1. The average Bonchev–Trinajstić information content (AvgIpc) is 3.07. The number of aromatic nitrogens is 2. The van der Waals surface area contributed by atoms with Crippen LogP contribution in [0, 0.1) is 12.8 Å². The van der Waals surface area contributed by atoms with Crippen molar-refractivity contribution in [3.05, 3.63) is 59.4 Å². The highest BCUT2D eigenvalue weighted by Gasteiger charge is 2.36. The van der Waals surface area contributed by atoms with E-state index in [1.807, 2.05) is 31.2 Å². The number of aryl methyl sites for hydroxylation is 1. The first-order valence-corrected chi connectivity index (χ1v) is 9.11. The van der Waals surface area contributed by atoms with E-state index >= 15 is 0 Å². The van der Waals surface area contributed by atoms with Crippen molar-refractivity contribution in [2.75, 3.05) is 7.11 Å². The molecular formula is C21H23N3O3. The third-order valence-electron chi connectivity index (χ3n) is 5.26. The van der Waals surface area contributed by atoms with Crippen molar-refractivity contribution in [2.45, 2.75) is 31.9 Å². The van der Waals surface area contributed by atoms with Crippen LogP contribution in [-0.2, 0) is 0 Å². The molecule has 0 saturated heterocycles. The molecule has 27 heavy (non-hydrogen) atoms. The number of hydrogen-bond acceptors (Lipinski definition) is 4. The zero-order valence-corrected chi connectivity index (χ0v) is 15.4. The van der Waals surface area contributed by atoms with Crippen LogP contribution >= 0.6 is 0 Å². The van der Waals surface area contributed by atoms with Gasteiger partial charge in [0.1, 0.15) is 5.69 Å². The standard InChI is InChI=1S/C21H23N3O3/c1-12-3-5-17-14(7-12)10-18(23-17)21(26)24-20(15-8-16(25)9-15)13-4-6-19(27-2)22-11-13/h3-7,10-11,15-16,20,23,25H,8-9H2,1-2H3,(H,24,26)/t15?,16?,20-/m1/s1. The second-order valence-corrected chi connectivity index (χ2v) is 7.24. The quantitative estimate of drug-likeness (QED) is 0.648. The Bertz CT molecular complexity index is 958. The number of rotatable bonds is 5. The van der Waals surface area contributed by atoms with E-state index in [0.29, 0.717) is 24.4 Å². The summed E-state index contributed by atoms with van der Waals surface area (Å²) in [4.78, 5) is 20.3. The van der Waals surface area contributed by atoms with Crippen molar-refractivity contribution < 1.29 is 14.6 Å². The molecule has 4 rings (SSSR count). The minimum atomic E-state index is -0.295. The Morgan fingerprint density at radius 2 is 2.11 bits per heavy atom. The SMILES string of the molecule is COc1ccc([C@@H](NC(=O)c2cc3cc(C)ccc3[nH]2)C2CC(O)C2)cn1. The number of aromatic amines is 1. The van der Waals surface area contributed by atoms with Crippen molar-refractivity contribution in [2.24, 2.45) is 5.92 Å². The van der Waals surface area contributed by atoms with Gasteiger partial charge < -0.3 is 20.1 Å². The highest BCUT2D eigenvalue weighted by atomic mass is 16.5. The van der Waals surface area contributed by atoms with E-state index in [1.54, 1.807) is 19.4 Å². The molecule has 1 amide bonds. The molecule has 0 bridgehead atoms. The lowest BCUT2D eigenvalue weighted by Crippen LogP contribution is -2.41. The van der Waals surface area contributed by atoms with Crippen LogP contribution in [0.5, 0.6) is 5.88 Å². The lowest BCUT2D eigenvalue weighted by Gasteiger charge is -2.38. The van der Waals surface area contributed by atoms with Crippen LogP contribution in [0.1, 0.15) is 40.5 Å². The zero-order valence-electron chi connectivity index (χ0n) is 15.4. The molecule has 1 saturated carbocycles. The Balaban J connectivity index is 1.58. The lowest BCUT2D eigenvalue weighted by molar-refractivity contribution is 0.0234. The maximum absolute atomic E-state index is 12.9. The van der Waals surface area contributed by atoms with E-state index in [4.69, 9.17) is 4.74 Å². The van der Waals surface area contributed by atoms with E-state index in [9.17, 15) is 9.90 Å².